The van der Waals surface area contributed by atoms with Crippen molar-refractivity contribution >= 4 is 27.8 Å². The summed E-state index contributed by atoms with van der Waals surface area (Å²) >= 11 is 3.32. The van der Waals surface area contributed by atoms with E-state index in [-0.39, 0.29) is 18.2 Å². The molecule has 0 unspecified atom stereocenters. The molecule has 0 aromatic carbocycles. The van der Waals surface area contributed by atoms with Gasteiger partial charge in [-0.2, -0.15) is 5.10 Å². The van der Waals surface area contributed by atoms with Crippen LogP contribution < -0.4 is 0 Å². The van der Waals surface area contributed by atoms with Crippen molar-refractivity contribution in [2.24, 2.45) is 5.41 Å². The van der Waals surface area contributed by atoms with Crippen molar-refractivity contribution in [3.05, 3.63) is 40.5 Å². The lowest BCUT2D eigenvalue weighted by molar-refractivity contribution is -0.147. The van der Waals surface area contributed by atoms with E-state index in [9.17, 15) is 14.7 Å². The van der Waals surface area contributed by atoms with Gasteiger partial charge in [-0.25, -0.2) is 0 Å². The van der Waals surface area contributed by atoms with Gasteiger partial charge >= 0.3 is 5.97 Å². The molecule has 1 atom stereocenters. The number of hydrogen-bond donors (Lipinski definition) is 1. The lowest BCUT2D eigenvalue weighted by Crippen LogP contribution is -2.34. The van der Waals surface area contributed by atoms with Gasteiger partial charge in [0.05, 0.1) is 22.6 Å². The summed E-state index contributed by atoms with van der Waals surface area (Å²) in [7, 11) is 0. The van der Waals surface area contributed by atoms with Crippen LogP contribution in [0.3, 0.4) is 0 Å². The van der Waals surface area contributed by atoms with Crippen LogP contribution in [0.1, 0.15) is 29.7 Å². The minimum Gasteiger partial charge on any atom is -0.481 e. The molecular weight excluding hydrogens is 366 g/mol. The summed E-state index contributed by atoms with van der Waals surface area (Å²) in [5, 5.41) is 13.4. The van der Waals surface area contributed by atoms with Crippen molar-refractivity contribution < 1.29 is 19.1 Å². The number of aromatic nitrogens is 2. The fourth-order valence-corrected chi connectivity index (χ4v) is 2.96. The molecule has 0 spiro atoms. The van der Waals surface area contributed by atoms with Crippen LogP contribution in [-0.2, 0) is 11.3 Å². The second kappa shape index (κ2) is 5.84. The van der Waals surface area contributed by atoms with Crippen LogP contribution in [0.15, 0.2) is 33.4 Å². The highest BCUT2D eigenvalue weighted by molar-refractivity contribution is 9.10. The lowest BCUT2D eigenvalue weighted by Gasteiger charge is -2.19. The Morgan fingerprint density at radius 1 is 1.48 bits per heavy atom. The quantitative estimate of drug-likeness (QED) is 0.876. The summed E-state index contributed by atoms with van der Waals surface area (Å²) in [6.45, 7) is 2.70. The summed E-state index contributed by atoms with van der Waals surface area (Å²) < 4.78 is 8.14. The monoisotopic (exact) mass is 381 g/mol. The largest absolute Gasteiger partial charge is 0.481 e. The van der Waals surface area contributed by atoms with Gasteiger partial charge in [0.2, 0.25) is 0 Å². The van der Waals surface area contributed by atoms with Crippen LogP contribution in [0.2, 0.25) is 0 Å². The third-order valence-electron chi connectivity index (χ3n) is 4.07. The second-order valence-electron chi connectivity index (χ2n) is 5.96. The molecule has 0 saturated carbocycles. The molecule has 3 heterocycles. The minimum atomic E-state index is -0.883. The number of carboxylic acids is 1. The lowest BCUT2D eigenvalue weighted by atomic mass is 9.90. The summed E-state index contributed by atoms with van der Waals surface area (Å²) in [4.78, 5) is 25.2. The van der Waals surface area contributed by atoms with Gasteiger partial charge < -0.3 is 14.4 Å². The van der Waals surface area contributed by atoms with Crippen molar-refractivity contribution in [2.75, 3.05) is 13.1 Å². The molecule has 7 nitrogen and oxygen atoms in total. The maximum atomic E-state index is 12.4. The molecule has 1 fully saturated rings. The minimum absolute atomic E-state index is 0.198. The highest BCUT2D eigenvalue weighted by Gasteiger charge is 2.42. The predicted octanol–water partition coefficient (Wildman–Crippen LogP) is 2.22. The van der Waals surface area contributed by atoms with Gasteiger partial charge in [-0.1, -0.05) is 0 Å². The Kier molecular flexibility index (Phi) is 4.01. The molecule has 122 valence electrons. The Balaban J connectivity index is 1.68. The smallest absolute Gasteiger partial charge is 0.311 e. The topological polar surface area (TPSA) is 88.6 Å². The first kappa shape index (κ1) is 15.8. The van der Waals surface area contributed by atoms with E-state index in [4.69, 9.17) is 4.42 Å². The SMILES string of the molecule is C[C@]1(C(=O)O)CCN(C(=O)c2ccc(Cn3cc(Br)cn3)o2)C1. The van der Waals surface area contributed by atoms with Crippen molar-refractivity contribution in [1.29, 1.82) is 0 Å². The molecule has 0 bridgehead atoms. The molecule has 3 rings (SSSR count). The van der Waals surface area contributed by atoms with Crippen LogP contribution in [0.25, 0.3) is 0 Å². The zero-order chi connectivity index (χ0) is 16.6. The predicted molar refractivity (Wildman–Crippen MR) is 84.0 cm³/mol. The summed E-state index contributed by atoms with van der Waals surface area (Å²) in [6, 6.07) is 3.35. The van der Waals surface area contributed by atoms with E-state index in [1.807, 2.05) is 6.20 Å². The molecule has 2 aromatic rings. The number of halogens is 1. The van der Waals surface area contributed by atoms with Crippen LogP contribution in [-0.4, -0.2) is 44.8 Å². The second-order valence-corrected chi connectivity index (χ2v) is 6.88. The van der Waals surface area contributed by atoms with E-state index in [1.165, 1.54) is 4.90 Å². The summed E-state index contributed by atoms with van der Waals surface area (Å²) in [6.07, 6.45) is 3.93. The Hall–Kier alpha value is -2.09. The Bertz CT molecular complexity index is 753. The number of rotatable bonds is 4. The van der Waals surface area contributed by atoms with Gasteiger partial charge in [-0.3, -0.25) is 14.3 Å². The Morgan fingerprint density at radius 3 is 2.87 bits per heavy atom. The van der Waals surface area contributed by atoms with Crippen molar-refractivity contribution in [3.8, 4) is 0 Å². The van der Waals surface area contributed by atoms with Crippen LogP contribution in [0.4, 0.5) is 0 Å². The molecule has 0 radical (unpaired) electrons. The van der Waals surface area contributed by atoms with Crippen LogP contribution in [0.5, 0.6) is 0 Å². The Labute approximate surface area is 141 Å². The van der Waals surface area contributed by atoms with Crippen LogP contribution >= 0.6 is 15.9 Å². The number of amides is 1. The Morgan fingerprint density at radius 2 is 2.26 bits per heavy atom. The van der Waals surface area contributed by atoms with Gasteiger partial charge in [0, 0.05) is 19.3 Å². The van der Waals surface area contributed by atoms with Gasteiger partial charge in [-0.05, 0) is 41.4 Å². The molecule has 8 heteroatoms. The normalized spacial score (nSPS) is 20.9. The molecule has 1 aliphatic rings. The standard InChI is InChI=1S/C15H16BrN3O4/c1-15(14(21)22)4-5-18(9-15)13(20)12-3-2-11(23-12)8-19-7-10(16)6-17-19/h2-3,6-7H,4-5,8-9H2,1H3,(H,21,22)/t15-/m0/s1. The van der Waals surface area contributed by atoms with E-state index < -0.39 is 11.4 Å². The van der Waals surface area contributed by atoms with Gasteiger partial charge in [0.15, 0.2) is 5.76 Å². The van der Waals surface area contributed by atoms with E-state index in [0.717, 1.165) is 4.47 Å². The van der Waals surface area contributed by atoms with Crippen molar-refractivity contribution in [1.82, 2.24) is 14.7 Å². The van der Waals surface area contributed by atoms with Crippen molar-refractivity contribution in [3.63, 3.8) is 0 Å². The molecule has 1 N–H and O–H groups in total. The molecule has 23 heavy (non-hydrogen) atoms. The highest BCUT2D eigenvalue weighted by atomic mass is 79.9. The van der Waals surface area contributed by atoms with E-state index in [2.05, 4.69) is 21.0 Å². The fourth-order valence-electron chi connectivity index (χ4n) is 2.63. The van der Waals surface area contributed by atoms with E-state index in [1.54, 1.807) is 29.9 Å². The maximum Gasteiger partial charge on any atom is 0.311 e. The maximum absolute atomic E-state index is 12.4. The molecular formula is C15H16BrN3O4. The number of carboxylic acid groups (broad SMARTS) is 1. The first-order valence-electron chi connectivity index (χ1n) is 7.17. The first-order chi connectivity index (χ1) is 10.9. The number of aliphatic carboxylic acids is 1. The molecule has 1 amide bonds. The number of carbonyl (C=O) groups is 2. The van der Waals surface area contributed by atoms with Gasteiger partial charge in [0.25, 0.3) is 5.91 Å². The van der Waals surface area contributed by atoms with Gasteiger partial charge in [0.1, 0.15) is 5.76 Å². The summed E-state index contributed by atoms with van der Waals surface area (Å²) in [5.74, 6) is -0.315. The fraction of sp³-hybridized carbons (Fsp3) is 0.400. The van der Waals surface area contributed by atoms with E-state index in [0.29, 0.717) is 25.3 Å². The highest BCUT2D eigenvalue weighted by Crippen LogP contribution is 2.31. The number of furan rings is 1. The number of likely N-dealkylation sites (tertiary alicyclic amines) is 1. The average Bonchev–Trinajstić information content (AvgIpc) is 3.20. The number of nitrogens with zero attached hydrogens (tertiary/aromatic N) is 3. The molecule has 1 saturated heterocycles. The van der Waals surface area contributed by atoms with Gasteiger partial charge in [-0.15, -0.1) is 0 Å². The third kappa shape index (κ3) is 3.17. The third-order valence-corrected chi connectivity index (χ3v) is 4.48. The molecule has 2 aromatic heterocycles. The first-order valence-corrected chi connectivity index (χ1v) is 7.96. The number of hydrogen-bond acceptors (Lipinski definition) is 4. The van der Waals surface area contributed by atoms with Crippen molar-refractivity contribution in [2.45, 2.75) is 19.9 Å². The van der Waals surface area contributed by atoms with E-state index >= 15 is 0 Å². The zero-order valence-electron chi connectivity index (χ0n) is 12.5. The zero-order valence-corrected chi connectivity index (χ0v) is 14.1. The molecule has 1 aliphatic heterocycles. The average molecular weight is 382 g/mol. The number of carbonyl (C=O) groups excluding carboxylic acids is 1. The summed E-state index contributed by atoms with van der Waals surface area (Å²) in [5.41, 5.74) is -0.883. The van der Waals surface area contributed by atoms with Crippen LogP contribution in [0, 0.1) is 5.41 Å². The molecule has 0 aliphatic carbocycles.